The second kappa shape index (κ2) is 8.50. The van der Waals surface area contributed by atoms with Gasteiger partial charge in [0.15, 0.2) is 11.8 Å². The molecule has 0 fully saturated rings. The monoisotopic (exact) mass is 267 g/mol. The van der Waals surface area contributed by atoms with Crippen molar-refractivity contribution < 1.29 is 4.52 Å². The average Bonchev–Trinajstić information content (AvgIpc) is 2.77. The highest BCUT2D eigenvalue weighted by atomic mass is 16.5. The van der Waals surface area contributed by atoms with Crippen molar-refractivity contribution in [2.75, 3.05) is 13.1 Å². The predicted octanol–water partition coefficient (Wildman–Crippen LogP) is 1.87. The summed E-state index contributed by atoms with van der Waals surface area (Å²) in [5, 5.41) is 10.3. The first-order valence-electron chi connectivity index (χ1n) is 6.93. The van der Waals surface area contributed by atoms with Crippen LogP contribution in [-0.2, 0) is 6.54 Å². The Balaban J connectivity index is 2.37. The van der Waals surface area contributed by atoms with Crippen LogP contribution < -0.4 is 10.6 Å². The molecule has 1 aromatic rings. The second-order valence-electron chi connectivity index (χ2n) is 4.89. The van der Waals surface area contributed by atoms with Gasteiger partial charge in [-0.15, -0.1) is 0 Å². The highest BCUT2D eigenvalue weighted by Crippen LogP contribution is 2.01. The lowest BCUT2D eigenvalue weighted by molar-refractivity contribution is 0.387. The Morgan fingerprint density at radius 2 is 2.16 bits per heavy atom. The van der Waals surface area contributed by atoms with Crippen molar-refractivity contribution in [3.63, 3.8) is 0 Å². The van der Waals surface area contributed by atoms with Crippen LogP contribution in [0.4, 0.5) is 0 Å². The van der Waals surface area contributed by atoms with Gasteiger partial charge in [0.1, 0.15) is 6.54 Å². The molecular formula is C13H25N5O. The number of aromatic nitrogens is 2. The topological polar surface area (TPSA) is 75.3 Å². The third kappa shape index (κ3) is 6.79. The molecule has 0 spiro atoms. The van der Waals surface area contributed by atoms with Gasteiger partial charge in [-0.1, -0.05) is 19.0 Å². The largest absolute Gasteiger partial charge is 0.357 e. The van der Waals surface area contributed by atoms with E-state index < -0.39 is 0 Å². The molecule has 1 heterocycles. The summed E-state index contributed by atoms with van der Waals surface area (Å²) in [5.74, 6) is 2.72. The van der Waals surface area contributed by atoms with E-state index in [4.69, 9.17) is 4.52 Å². The predicted molar refractivity (Wildman–Crippen MR) is 75.9 cm³/mol. The third-order valence-electron chi connectivity index (χ3n) is 2.54. The Bertz CT molecular complexity index is 386. The zero-order valence-electron chi connectivity index (χ0n) is 12.4. The second-order valence-corrected chi connectivity index (χ2v) is 4.89. The number of nitrogens with one attached hydrogen (secondary N) is 2. The molecule has 19 heavy (non-hydrogen) atoms. The molecule has 0 aliphatic heterocycles. The standard InChI is InChI=1S/C13H25N5O/c1-5-14-13(15-8-6-7-10(2)3)16-9-12-17-11(4)19-18-12/h10H,5-9H2,1-4H3,(H2,14,15,16). The molecule has 0 aliphatic carbocycles. The summed E-state index contributed by atoms with van der Waals surface area (Å²) < 4.78 is 4.91. The van der Waals surface area contributed by atoms with Crippen molar-refractivity contribution >= 4 is 5.96 Å². The lowest BCUT2D eigenvalue weighted by Gasteiger charge is -2.11. The SMILES string of the molecule is CCNC(=NCc1noc(C)n1)NCCCC(C)C. The van der Waals surface area contributed by atoms with Crippen LogP contribution >= 0.6 is 0 Å². The van der Waals surface area contributed by atoms with E-state index in [1.165, 1.54) is 6.42 Å². The Hall–Kier alpha value is -1.59. The summed E-state index contributed by atoms with van der Waals surface area (Å²) in [4.78, 5) is 8.55. The number of hydrogen-bond acceptors (Lipinski definition) is 4. The zero-order valence-corrected chi connectivity index (χ0v) is 12.4. The fraction of sp³-hybridized carbons (Fsp3) is 0.769. The molecule has 0 atom stereocenters. The molecule has 0 aliphatic rings. The van der Waals surface area contributed by atoms with Gasteiger partial charge in [-0.25, -0.2) is 4.99 Å². The summed E-state index contributed by atoms with van der Waals surface area (Å²) in [6, 6.07) is 0. The van der Waals surface area contributed by atoms with E-state index in [1.807, 2.05) is 6.92 Å². The van der Waals surface area contributed by atoms with E-state index in [1.54, 1.807) is 6.92 Å². The van der Waals surface area contributed by atoms with Crippen LogP contribution in [0.3, 0.4) is 0 Å². The lowest BCUT2D eigenvalue weighted by Crippen LogP contribution is -2.37. The minimum absolute atomic E-state index is 0.427. The quantitative estimate of drug-likeness (QED) is 0.448. The maximum atomic E-state index is 4.91. The van der Waals surface area contributed by atoms with Crippen LogP contribution in [0.2, 0.25) is 0 Å². The van der Waals surface area contributed by atoms with Crippen LogP contribution in [0.15, 0.2) is 9.52 Å². The minimum Gasteiger partial charge on any atom is -0.357 e. The molecule has 0 aromatic carbocycles. The summed E-state index contributed by atoms with van der Waals surface area (Å²) in [6.07, 6.45) is 2.36. The first-order valence-corrected chi connectivity index (χ1v) is 6.93. The molecule has 108 valence electrons. The Kier molecular flexibility index (Phi) is 6.92. The first-order chi connectivity index (χ1) is 9.11. The Morgan fingerprint density at radius 1 is 1.37 bits per heavy atom. The molecule has 6 heteroatoms. The van der Waals surface area contributed by atoms with Gasteiger partial charge < -0.3 is 15.2 Å². The number of nitrogens with zero attached hydrogens (tertiary/aromatic N) is 3. The van der Waals surface area contributed by atoms with Gasteiger partial charge in [-0.2, -0.15) is 4.98 Å². The normalized spacial score (nSPS) is 11.9. The number of rotatable bonds is 7. The van der Waals surface area contributed by atoms with Crippen LogP contribution in [0.25, 0.3) is 0 Å². The summed E-state index contributed by atoms with van der Waals surface area (Å²) in [7, 11) is 0. The molecule has 0 saturated carbocycles. The maximum Gasteiger partial charge on any atom is 0.223 e. The van der Waals surface area contributed by atoms with Crippen molar-refractivity contribution in [2.24, 2.45) is 10.9 Å². The molecule has 0 bridgehead atoms. The number of aryl methyl sites for hydroxylation is 1. The fourth-order valence-electron chi connectivity index (χ4n) is 1.61. The van der Waals surface area contributed by atoms with Crippen LogP contribution in [-0.4, -0.2) is 29.2 Å². The summed E-state index contributed by atoms with van der Waals surface area (Å²) in [6.45, 7) is 10.5. The van der Waals surface area contributed by atoms with Gasteiger partial charge in [0.25, 0.3) is 0 Å². The van der Waals surface area contributed by atoms with Crippen molar-refractivity contribution in [3.8, 4) is 0 Å². The van der Waals surface area contributed by atoms with Gasteiger partial charge in [0.05, 0.1) is 0 Å². The van der Waals surface area contributed by atoms with Crippen LogP contribution in [0.5, 0.6) is 0 Å². The maximum absolute atomic E-state index is 4.91. The van der Waals surface area contributed by atoms with Crippen molar-refractivity contribution in [3.05, 3.63) is 11.7 Å². The van der Waals surface area contributed by atoms with E-state index in [0.717, 1.165) is 31.4 Å². The molecule has 1 aromatic heterocycles. The number of hydrogen-bond donors (Lipinski definition) is 2. The van der Waals surface area contributed by atoms with Gasteiger partial charge in [0.2, 0.25) is 5.89 Å². The average molecular weight is 267 g/mol. The molecule has 1 rings (SSSR count). The molecule has 2 N–H and O–H groups in total. The van der Waals surface area contributed by atoms with E-state index in [0.29, 0.717) is 18.3 Å². The van der Waals surface area contributed by atoms with Crippen LogP contribution in [0.1, 0.15) is 45.3 Å². The molecule has 0 saturated heterocycles. The zero-order chi connectivity index (χ0) is 14.1. The smallest absolute Gasteiger partial charge is 0.223 e. The number of aliphatic imine (C=N–C) groups is 1. The van der Waals surface area contributed by atoms with E-state index >= 15 is 0 Å². The molecular weight excluding hydrogens is 242 g/mol. The van der Waals surface area contributed by atoms with Gasteiger partial charge in [0, 0.05) is 20.0 Å². The molecule has 0 unspecified atom stereocenters. The fourth-order valence-corrected chi connectivity index (χ4v) is 1.61. The molecule has 6 nitrogen and oxygen atoms in total. The lowest BCUT2D eigenvalue weighted by atomic mass is 10.1. The Labute approximate surface area is 115 Å². The van der Waals surface area contributed by atoms with E-state index in [2.05, 4.69) is 39.6 Å². The van der Waals surface area contributed by atoms with Crippen molar-refractivity contribution in [1.29, 1.82) is 0 Å². The van der Waals surface area contributed by atoms with E-state index in [-0.39, 0.29) is 0 Å². The van der Waals surface area contributed by atoms with Gasteiger partial charge in [-0.05, 0) is 25.7 Å². The van der Waals surface area contributed by atoms with Crippen LogP contribution in [0, 0.1) is 12.8 Å². The van der Waals surface area contributed by atoms with Crippen molar-refractivity contribution in [2.45, 2.75) is 47.1 Å². The summed E-state index contributed by atoms with van der Waals surface area (Å²) in [5.41, 5.74) is 0. The van der Waals surface area contributed by atoms with Gasteiger partial charge >= 0.3 is 0 Å². The van der Waals surface area contributed by atoms with E-state index in [9.17, 15) is 0 Å². The first kappa shape index (κ1) is 15.5. The minimum atomic E-state index is 0.427. The number of guanidine groups is 1. The third-order valence-corrected chi connectivity index (χ3v) is 2.54. The van der Waals surface area contributed by atoms with Crippen molar-refractivity contribution in [1.82, 2.24) is 20.8 Å². The highest BCUT2D eigenvalue weighted by molar-refractivity contribution is 5.79. The highest BCUT2D eigenvalue weighted by Gasteiger charge is 2.02. The Morgan fingerprint density at radius 3 is 2.74 bits per heavy atom. The van der Waals surface area contributed by atoms with Gasteiger partial charge in [-0.3, -0.25) is 0 Å². The molecule has 0 amide bonds. The summed E-state index contributed by atoms with van der Waals surface area (Å²) >= 11 is 0. The molecule has 0 radical (unpaired) electrons.